The quantitative estimate of drug-likeness (QED) is 0.842. The van der Waals surface area contributed by atoms with Crippen LogP contribution in [0.3, 0.4) is 0 Å². The van der Waals surface area contributed by atoms with Gasteiger partial charge in [-0.25, -0.2) is 4.98 Å². The fourth-order valence-electron chi connectivity index (χ4n) is 2.49. The fourth-order valence-corrected chi connectivity index (χ4v) is 2.65. The highest BCUT2D eigenvalue weighted by Gasteiger charge is 2.17. The van der Waals surface area contributed by atoms with Gasteiger partial charge in [-0.05, 0) is 37.3 Å². The number of anilines is 1. The van der Waals surface area contributed by atoms with Crippen LogP contribution in [0.25, 0.3) is 0 Å². The van der Waals surface area contributed by atoms with Crippen molar-refractivity contribution in [1.82, 2.24) is 4.98 Å². The van der Waals surface area contributed by atoms with E-state index in [1.165, 1.54) is 32.1 Å². The maximum absolute atomic E-state index is 11.9. The van der Waals surface area contributed by atoms with E-state index in [1.54, 1.807) is 6.20 Å². The number of carbonyl (C=O) groups excluding carboxylic acids is 1. The summed E-state index contributed by atoms with van der Waals surface area (Å²) in [6, 6.07) is 1.86. The minimum Gasteiger partial charge on any atom is -0.323 e. The molecule has 0 atom stereocenters. The lowest BCUT2D eigenvalue weighted by Crippen LogP contribution is -2.18. The average Bonchev–Trinajstić information content (AvgIpc) is 2.35. The van der Waals surface area contributed by atoms with Gasteiger partial charge in [-0.1, -0.05) is 30.9 Å². The second-order valence-corrected chi connectivity index (χ2v) is 5.47. The Kier molecular flexibility index (Phi) is 4.59. The molecule has 0 radical (unpaired) electrons. The van der Waals surface area contributed by atoms with Gasteiger partial charge in [0, 0.05) is 12.6 Å². The number of pyridine rings is 1. The van der Waals surface area contributed by atoms with Crippen LogP contribution in [0.15, 0.2) is 12.3 Å². The summed E-state index contributed by atoms with van der Waals surface area (Å²) in [5, 5.41) is 3.22. The smallest absolute Gasteiger partial charge is 0.224 e. The van der Waals surface area contributed by atoms with E-state index >= 15 is 0 Å². The maximum atomic E-state index is 11.9. The molecule has 98 valence electrons. The van der Waals surface area contributed by atoms with Gasteiger partial charge in [0.1, 0.15) is 0 Å². The number of nitrogens with one attached hydrogen (secondary N) is 1. The van der Waals surface area contributed by atoms with Gasteiger partial charge in [-0.3, -0.25) is 4.79 Å². The molecule has 0 unspecified atom stereocenters. The third kappa shape index (κ3) is 3.70. The Morgan fingerprint density at radius 3 is 2.89 bits per heavy atom. The van der Waals surface area contributed by atoms with Gasteiger partial charge in [0.05, 0.1) is 5.69 Å². The zero-order valence-corrected chi connectivity index (χ0v) is 11.5. The predicted octanol–water partition coefficient (Wildman–Crippen LogP) is 3.95. The molecule has 4 heteroatoms. The summed E-state index contributed by atoms with van der Waals surface area (Å²) in [5.74, 6) is 0.589. The summed E-state index contributed by atoms with van der Waals surface area (Å²) in [5.41, 5.74) is 1.62. The molecular weight excluding hydrogens is 248 g/mol. The molecule has 1 aliphatic carbocycles. The summed E-state index contributed by atoms with van der Waals surface area (Å²) in [6.45, 7) is 1.93. The fraction of sp³-hybridized carbons (Fsp3) is 0.571. The van der Waals surface area contributed by atoms with Crippen molar-refractivity contribution in [1.29, 1.82) is 0 Å². The van der Waals surface area contributed by atoms with Crippen LogP contribution in [0.5, 0.6) is 0 Å². The highest BCUT2D eigenvalue weighted by atomic mass is 35.5. The molecule has 0 saturated heterocycles. The largest absolute Gasteiger partial charge is 0.323 e. The molecule has 3 nitrogen and oxygen atoms in total. The first-order valence-electron chi connectivity index (χ1n) is 6.57. The van der Waals surface area contributed by atoms with Crippen LogP contribution in [0.4, 0.5) is 5.69 Å². The molecule has 1 amide bonds. The van der Waals surface area contributed by atoms with Crippen LogP contribution >= 0.6 is 11.6 Å². The molecule has 18 heavy (non-hydrogen) atoms. The summed E-state index contributed by atoms with van der Waals surface area (Å²) >= 11 is 5.96. The summed E-state index contributed by atoms with van der Waals surface area (Å²) < 4.78 is 0. The second kappa shape index (κ2) is 6.19. The Hall–Kier alpha value is -1.09. The molecule has 0 aromatic carbocycles. The van der Waals surface area contributed by atoms with Gasteiger partial charge in [0.15, 0.2) is 5.15 Å². The van der Waals surface area contributed by atoms with Gasteiger partial charge in [0.2, 0.25) is 5.91 Å². The molecule has 0 aliphatic heterocycles. The summed E-state index contributed by atoms with van der Waals surface area (Å²) in [7, 11) is 0. The van der Waals surface area contributed by atoms with Gasteiger partial charge >= 0.3 is 0 Å². The minimum atomic E-state index is 0.0520. The van der Waals surface area contributed by atoms with E-state index in [-0.39, 0.29) is 5.91 Å². The Bertz CT molecular complexity index is 428. The molecular formula is C14H19ClN2O. The van der Waals surface area contributed by atoms with E-state index in [0.717, 1.165) is 5.56 Å². The van der Waals surface area contributed by atoms with Crippen LogP contribution in [0, 0.1) is 12.8 Å². The molecule has 2 rings (SSSR count). The van der Waals surface area contributed by atoms with E-state index in [2.05, 4.69) is 10.3 Å². The van der Waals surface area contributed by atoms with Gasteiger partial charge in [0.25, 0.3) is 0 Å². The van der Waals surface area contributed by atoms with E-state index < -0.39 is 0 Å². The number of amides is 1. The number of halogens is 1. The lowest BCUT2D eigenvalue weighted by molar-refractivity contribution is -0.117. The van der Waals surface area contributed by atoms with Crippen molar-refractivity contribution in [2.24, 2.45) is 5.92 Å². The van der Waals surface area contributed by atoms with Crippen LogP contribution in [-0.2, 0) is 4.79 Å². The number of aromatic nitrogens is 1. The third-order valence-corrected chi connectivity index (χ3v) is 3.75. The Morgan fingerprint density at radius 2 is 2.17 bits per heavy atom. The maximum Gasteiger partial charge on any atom is 0.224 e. The van der Waals surface area contributed by atoms with E-state index in [4.69, 9.17) is 11.6 Å². The van der Waals surface area contributed by atoms with E-state index in [1.807, 2.05) is 13.0 Å². The van der Waals surface area contributed by atoms with E-state index in [9.17, 15) is 4.79 Å². The van der Waals surface area contributed by atoms with E-state index in [0.29, 0.717) is 23.2 Å². The molecule has 0 spiro atoms. The number of rotatable bonds is 3. The second-order valence-electron chi connectivity index (χ2n) is 5.11. The van der Waals surface area contributed by atoms with Crippen LogP contribution < -0.4 is 5.32 Å². The monoisotopic (exact) mass is 266 g/mol. The summed E-state index contributed by atoms with van der Waals surface area (Å²) in [6.07, 6.45) is 8.46. The minimum absolute atomic E-state index is 0.0520. The topological polar surface area (TPSA) is 42.0 Å². The van der Waals surface area contributed by atoms with Crippen molar-refractivity contribution in [3.05, 3.63) is 23.0 Å². The SMILES string of the molecule is Cc1cnc(Cl)c(NC(=O)CC2CCCCC2)c1. The zero-order chi connectivity index (χ0) is 13.0. The van der Waals surface area contributed by atoms with Crippen molar-refractivity contribution in [3.8, 4) is 0 Å². The number of hydrogen-bond acceptors (Lipinski definition) is 2. The standard InChI is InChI=1S/C14H19ClN2O/c1-10-7-12(14(15)16-9-10)17-13(18)8-11-5-3-2-4-6-11/h7,9,11H,2-6,8H2,1H3,(H,17,18). The number of nitrogens with zero attached hydrogens (tertiary/aromatic N) is 1. The molecule has 1 aromatic rings. The van der Waals surface area contributed by atoms with Crippen molar-refractivity contribution in [2.45, 2.75) is 45.4 Å². The summed E-state index contributed by atoms with van der Waals surface area (Å²) in [4.78, 5) is 16.0. The first kappa shape index (κ1) is 13.3. The highest BCUT2D eigenvalue weighted by molar-refractivity contribution is 6.32. The number of hydrogen-bond donors (Lipinski definition) is 1. The number of carbonyl (C=O) groups is 1. The molecule has 1 saturated carbocycles. The van der Waals surface area contributed by atoms with Gasteiger partial charge in [-0.2, -0.15) is 0 Å². The molecule has 1 N–H and O–H groups in total. The predicted molar refractivity (Wildman–Crippen MR) is 73.8 cm³/mol. The highest BCUT2D eigenvalue weighted by Crippen LogP contribution is 2.27. The van der Waals surface area contributed by atoms with Crippen molar-refractivity contribution in [3.63, 3.8) is 0 Å². The molecule has 0 bridgehead atoms. The van der Waals surface area contributed by atoms with Crippen molar-refractivity contribution < 1.29 is 4.79 Å². The Morgan fingerprint density at radius 1 is 1.44 bits per heavy atom. The van der Waals surface area contributed by atoms with Crippen LogP contribution in [0.2, 0.25) is 5.15 Å². The molecule has 1 aliphatic rings. The lowest BCUT2D eigenvalue weighted by Gasteiger charge is -2.20. The van der Waals surface area contributed by atoms with Crippen LogP contribution in [0.1, 0.15) is 44.1 Å². The van der Waals surface area contributed by atoms with Crippen molar-refractivity contribution >= 4 is 23.2 Å². The first-order chi connectivity index (χ1) is 8.65. The third-order valence-electron chi connectivity index (χ3n) is 3.45. The van der Waals surface area contributed by atoms with Crippen LogP contribution in [-0.4, -0.2) is 10.9 Å². The normalized spacial score (nSPS) is 16.6. The number of aryl methyl sites for hydroxylation is 1. The zero-order valence-electron chi connectivity index (χ0n) is 10.7. The molecule has 1 aromatic heterocycles. The van der Waals surface area contributed by atoms with Crippen molar-refractivity contribution in [2.75, 3.05) is 5.32 Å². The molecule has 1 fully saturated rings. The first-order valence-corrected chi connectivity index (χ1v) is 6.95. The lowest BCUT2D eigenvalue weighted by atomic mass is 9.87. The Labute approximate surface area is 113 Å². The van der Waals surface area contributed by atoms with Gasteiger partial charge < -0.3 is 5.32 Å². The Balaban J connectivity index is 1.92. The average molecular weight is 267 g/mol. The molecule has 1 heterocycles. The van der Waals surface area contributed by atoms with Gasteiger partial charge in [-0.15, -0.1) is 0 Å².